The predicted octanol–water partition coefficient (Wildman–Crippen LogP) is 3.90. The minimum Gasteiger partial charge on any atom is -0.349 e. The van der Waals surface area contributed by atoms with E-state index in [9.17, 15) is 9.59 Å². The molecular weight excluding hydrogens is 372 g/mol. The number of nitrogens with one attached hydrogen (secondary N) is 1. The van der Waals surface area contributed by atoms with Crippen molar-refractivity contribution in [3.63, 3.8) is 0 Å². The van der Waals surface area contributed by atoms with Crippen molar-refractivity contribution in [2.24, 2.45) is 5.92 Å². The summed E-state index contributed by atoms with van der Waals surface area (Å²) in [5.41, 5.74) is 1.01. The van der Waals surface area contributed by atoms with Crippen LogP contribution in [0.4, 0.5) is 0 Å². The monoisotopic (exact) mass is 402 g/mol. The fourth-order valence-corrected chi connectivity index (χ4v) is 5.85. The Kier molecular flexibility index (Phi) is 5.45. The van der Waals surface area contributed by atoms with Gasteiger partial charge in [0.15, 0.2) is 0 Å². The van der Waals surface area contributed by atoms with Crippen LogP contribution < -0.4 is 5.32 Å². The highest BCUT2D eigenvalue weighted by Gasteiger charge is 2.32. The molecule has 2 fully saturated rings. The van der Waals surface area contributed by atoms with Crippen molar-refractivity contribution in [2.75, 3.05) is 14.1 Å². The first-order chi connectivity index (χ1) is 13.4. The first kappa shape index (κ1) is 19.4. The molecule has 6 nitrogen and oxygen atoms in total. The van der Waals surface area contributed by atoms with Gasteiger partial charge in [0.2, 0.25) is 5.91 Å². The third kappa shape index (κ3) is 3.69. The number of fused-ring (bicyclic) bond motifs is 1. The Morgan fingerprint density at radius 3 is 2.64 bits per heavy atom. The van der Waals surface area contributed by atoms with Crippen molar-refractivity contribution in [1.29, 1.82) is 0 Å². The van der Waals surface area contributed by atoms with Crippen molar-refractivity contribution in [2.45, 2.75) is 70.4 Å². The number of aryl methyl sites for hydroxylation is 1. The molecule has 2 heterocycles. The lowest BCUT2D eigenvalue weighted by Gasteiger charge is -2.22. The average molecular weight is 403 g/mol. The minimum absolute atomic E-state index is 0.0150. The summed E-state index contributed by atoms with van der Waals surface area (Å²) in [6.45, 7) is 2.03. The molecule has 2 aromatic heterocycles. The standard InChI is InChI=1S/C21H30N4O2S/c1-13-17-12-18(28-21(17)25(23-13)16-7-5-4-6-8-16)19(26)22-15-10-9-14(11-15)20(27)24(2)3/h12,14-16H,4-11H2,1-3H3,(H,22,26)/t14-,15-/m0/s1. The number of hydrogen-bond donors (Lipinski definition) is 1. The van der Waals surface area contributed by atoms with Crippen LogP contribution in [-0.4, -0.2) is 46.6 Å². The Morgan fingerprint density at radius 1 is 1.18 bits per heavy atom. The molecule has 0 aliphatic heterocycles. The molecule has 28 heavy (non-hydrogen) atoms. The number of aromatic nitrogens is 2. The van der Waals surface area contributed by atoms with Gasteiger partial charge in [-0.05, 0) is 45.1 Å². The van der Waals surface area contributed by atoms with Gasteiger partial charge in [0.05, 0.1) is 16.6 Å². The first-order valence-electron chi connectivity index (χ1n) is 10.4. The van der Waals surface area contributed by atoms with Crippen LogP contribution in [-0.2, 0) is 4.79 Å². The highest BCUT2D eigenvalue weighted by atomic mass is 32.1. The van der Waals surface area contributed by atoms with E-state index in [1.165, 1.54) is 32.1 Å². The Bertz CT molecular complexity index is 878. The van der Waals surface area contributed by atoms with Gasteiger partial charge in [-0.1, -0.05) is 19.3 Å². The topological polar surface area (TPSA) is 67.2 Å². The molecule has 2 amide bonds. The third-order valence-corrected chi connectivity index (χ3v) is 7.39. The molecule has 0 bridgehead atoms. The summed E-state index contributed by atoms with van der Waals surface area (Å²) in [4.78, 5) is 28.5. The Morgan fingerprint density at radius 2 is 1.93 bits per heavy atom. The van der Waals surface area contributed by atoms with E-state index in [4.69, 9.17) is 5.10 Å². The number of hydrogen-bond acceptors (Lipinski definition) is 4. The van der Waals surface area contributed by atoms with Crippen LogP contribution in [0.2, 0.25) is 0 Å². The lowest BCUT2D eigenvalue weighted by Crippen LogP contribution is -2.34. The molecule has 152 valence electrons. The second-order valence-electron chi connectivity index (χ2n) is 8.56. The fraction of sp³-hybridized carbons (Fsp3) is 0.667. The predicted molar refractivity (Wildman–Crippen MR) is 112 cm³/mol. The molecule has 0 unspecified atom stereocenters. The van der Waals surface area contributed by atoms with E-state index >= 15 is 0 Å². The van der Waals surface area contributed by atoms with E-state index in [0.29, 0.717) is 6.04 Å². The van der Waals surface area contributed by atoms with E-state index in [1.807, 2.05) is 13.0 Å². The molecule has 2 aliphatic carbocycles. The van der Waals surface area contributed by atoms with Crippen LogP contribution in [0.5, 0.6) is 0 Å². The largest absolute Gasteiger partial charge is 0.349 e. The fourth-order valence-electron chi connectivity index (χ4n) is 4.72. The molecular formula is C21H30N4O2S. The van der Waals surface area contributed by atoms with E-state index < -0.39 is 0 Å². The number of thiophene rings is 1. The van der Waals surface area contributed by atoms with Gasteiger partial charge >= 0.3 is 0 Å². The van der Waals surface area contributed by atoms with Gasteiger partial charge in [0, 0.05) is 31.4 Å². The molecule has 2 saturated carbocycles. The maximum absolute atomic E-state index is 12.9. The van der Waals surface area contributed by atoms with E-state index in [1.54, 1.807) is 30.3 Å². The molecule has 2 atom stereocenters. The third-order valence-electron chi connectivity index (χ3n) is 6.27. The summed E-state index contributed by atoms with van der Waals surface area (Å²) in [6.07, 6.45) is 8.66. The van der Waals surface area contributed by atoms with Crippen LogP contribution in [0.1, 0.15) is 72.8 Å². The molecule has 7 heteroatoms. The van der Waals surface area contributed by atoms with Crippen LogP contribution in [0.25, 0.3) is 10.2 Å². The molecule has 0 spiro atoms. The number of carbonyl (C=O) groups excluding carboxylic acids is 2. The summed E-state index contributed by atoms with van der Waals surface area (Å²) in [5.74, 6) is 0.186. The maximum atomic E-state index is 12.9. The molecule has 2 aromatic rings. The molecule has 4 rings (SSSR count). The molecule has 0 saturated heterocycles. The Labute approximate surface area is 170 Å². The summed E-state index contributed by atoms with van der Waals surface area (Å²) in [6, 6.07) is 2.55. The molecule has 2 aliphatic rings. The molecule has 0 radical (unpaired) electrons. The summed E-state index contributed by atoms with van der Waals surface area (Å²) >= 11 is 1.56. The van der Waals surface area contributed by atoms with E-state index in [-0.39, 0.29) is 23.8 Å². The first-order valence-corrected chi connectivity index (χ1v) is 11.3. The van der Waals surface area contributed by atoms with Crippen molar-refractivity contribution < 1.29 is 9.59 Å². The quantitative estimate of drug-likeness (QED) is 0.843. The van der Waals surface area contributed by atoms with Gasteiger partial charge in [-0.25, -0.2) is 0 Å². The van der Waals surface area contributed by atoms with Crippen molar-refractivity contribution >= 4 is 33.4 Å². The summed E-state index contributed by atoms with van der Waals surface area (Å²) in [7, 11) is 3.59. The normalized spacial score (nSPS) is 23.2. The van der Waals surface area contributed by atoms with Gasteiger partial charge in [-0.3, -0.25) is 14.3 Å². The van der Waals surface area contributed by atoms with Crippen molar-refractivity contribution in [3.8, 4) is 0 Å². The number of carbonyl (C=O) groups is 2. The van der Waals surface area contributed by atoms with Crippen LogP contribution >= 0.6 is 11.3 Å². The zero-order valence-electron chi connectivity index (χ0n) is 17.0. The average Bonchev–Trinajstić information content (AvgIpc) is 3.38. The summed E-state index contributed by atoms with van der Waals surface area (Å²) < 4.78 is 2.17. The van der Waals surface area contributed by atoms with Gasteiger partial charge in [0.25, 0.3) is 5.91 Å². The smallest absolute Gasteiger partial charge is 0.261 e. The van der Waals surface area contributed by atoms with Crippen LogP contribution in [0.3, 0.4) is 0 Å². The van der Waals surface area contributed by atoms with E-state index in [2.05, 4.69) is 10.00 Å². The van der Waals surface area contributed by atoms with E-state index in [0.717, 1.165) is 40.1 Å². The van der Waals surface area contributed by atoms with Crippen molar-refractivity contribution in [3.05, 3.63) is 16.6 Å². The lowest BCUT2D eigenvalue weighted by atomic mass is 9.96. The maximum Gasteiger partial charge on any atom is 0.261 e. The van der Waals surface area contributed by atoms with Gasteiger partial charge < -0.3 is 10.2 Å². The summed E-state index contributed by atoms with van der Waals surface area (Å²) in [5, 5.41) is 9.04. The van der Waals surface area contributed by atoms with Gasteiger partial charge in [0.1, 0.15) is 4.83 Å². The Hall–Kier alpha value is -1.89. The van der Waals surface area contributed by atoms with Gasteiger partial charge in [-0.2, -0.15) is 5.10 Å². The highest BCUT2D eigenvalue weighted by molar-refractivity contribution is 7.20. The van der Waals surface area contributed by atoms with Crippen LogP contribution in [0, 0.1) is 12.8 Å². The molecule has 1 N–H and O–H groups in total. The SMILES string of the molecule is Cc1nn(C2CCCCC2)c2sc(C(=O)N[C@H]3CC[C@H](C(=O)N(C)C)C3)cc12. The minimum atomic E-state index is -0.0150. The zero-order chi connectivity index (χ0) is 19.8. The Balaban J connectivity index is 1.47. The van der Waals surface area contributed by atoms with Crippen molar-refractivity contribution in [1.82, 2.24) is 20.0 Å². The second-order valence-corrected chi connectivity index (χ2v) is 9.59. The highest BCUT2D eigenvalue weighted by Crippen LogP contribution is 2.35. The number of amides is 2. The number of rotatable bonds is 4. The second kappa shape index (κ2) is 7.85. The van der Waals surface area contributed by atoms with Gasteiger partial charge in [-0.15, -0.1) is 11.3 Å². The lowest BCUT2D eigenvalue weighted by molar-refractivity contribution is -0.132. The van der Waals surface area contributed by atoms with Crippen LogP contribution in [0.15, 0.2) is 6.07 Å². The number of nitrogens with zero attached hydrogens (tertiary/aromatic N) is 3. The zero-order valence-corrected chi connectivity index (χ0v) is 17.8. The molecule has 0 aromatic carbocycles.